The summed E-state index contributed by atoms with van der Waals surface area (Å²) in [7, 11) is 0. The summed E-state index contributed by atoms with van der Waals surface area (Å²) in [4.78, 5) is 17.0. The van der Waals surface area contributed by atoms with E-state index < -0.39 is 0 Å². The summed E-state index contributed by atoms with van der Waals surface area (Å²) in [5, 5.41) is 1.51. The van der Waals surface area contributed by atoms with Gasteiger partial charge in [-0.25, -0.2) is 19.9 Å². The van der Waals surface area contributed by atoms with Gasteiger partial charge in [0.1, 0.15) is 17.0 Å². The summed E-state index contributed by atoms with van der Waals surface area (Å²) >= 11 is 6.40. The van der Waals surface area contributed by atoms with Gasteiger partial charge in [0.15, 0.2) is 11.5 Å². The van der Waals surface area contributed by atoms with Gasteiger partial charge in [0.05, 0.1) is 17.9 Å². The van der Waals surface area contributed by atoms with Crippen molar-refractivity contribution in [2.24, 2.45) is 0 Å². The van der Waals surface area contributed by atoms with Crippen molar-refractivity contribution in [1.29, 1.82) is 0 Å². The lowest BCUT2D eigenvalue weighted by molar-refractivity contribution is 0.651. The Morgan fingerprint density at radius 2 is 2.00 bits per heavy atom. The number of nitrogen functional groups attached to an aromatic ring is 1. The SMILES string of the molecule is CC(c1cc2ccccc2nc1Cl)n1cnc2c(N)ncnc21. The summed E-state index contributed by atoms with van der Waals surface area (Å²) < 4.78 is 1.92. The number of para-hydroxylation sites is 1. The molecule has 0 radical (unpaired) electrons. The molecule has 114 valence electrons. The van der Waals surface area contributed by atoms with Crippen LogP contribution in [0.4, 0.5) is 5.82 Å². The van der Waals surface area contributed by atoms with E-state index in [0.29, 0.717) is 22.1 Å². The second kappa shape index (κ2) is 5.17. The van der Waals surface area contributed by atoms with Crippen LogP contribution in [0.15, 0.2) is 43.0 Å². The van der Waals surface area contributed by atoms with Gasteiger partial charge in [-0.2, -0.15) is 0 Å². The zero-order valence-corrected chi connectivity index (χ0v) is 13.1. The summed E-state index contributed by atoms with van der Waals surface area (Å²) in [5.74, 6) is 0.365. The maximum Gasteiger partial charge on any atom is 0.165 e. The highest BCUT2D eigenvalue weighted by Gasteiger charge is 2.18. The predicted molar refractivity (Wildman–Crippen MR) is 90.3 cm³/mol. The summed E-state index contributed by atoms with van der Waals surface area (Å²) in [6, 6.07) is 9.84. The van der Waals surface area contributed by atoms with Crippen LogP contribution < -0.4 is 5.73 Å². The summed E-state index contributed by atoms with van der Waals surface area (Å²) in [6.45, 7) is 2.02. The largest absolute Gasteiger partial charge is 0.382 e. The van der Waals surface area contributed by atoms with E-state index in [4.69, 9.17) is 17.3 Å². The van der Waals surface area contributed by atoms with E-state index >= 15 is 0 Å². The predicted octanol–water partition coefficient (Wildman–Crippen LogP) is 3.22. The zero-order valence-electron chi connectivity index (χ0n) is 12.3. The average Bonchev–Trinajstić information content (AvgIpc) is 2.99. The number of halogens is 1. The minimum atomic E-state index is -0.0843. The standard InChI is InChI=1S/C16H13ClN6/c1-9(23-8-21-13-15(18)19-7-20-16(13)23)11-6-10-4-2-3-5-12(10)22-14(11)17/h2-9H,1H3,(H2,18,19,20). The summed E-state index contributed by atoms with van der Waals surface area (Å²) in [6.07, 6.45) is 3.13. The van der Waals surface area contributed by atoms with Crippen molar-refractivity contribution < 1.29 is 0 Å². The third-order valence-corrected chi connectivity index (χ3v) is 4.26. The number of nitrogens with two attached hydrogens (primary N) is 1. The maximum atomic E-state index is 6.40. The van der Waals surface area contributed by atoms with E-state index in [1.165, 1.54) is 6.33 Å². The molecule has 1 aromatic carbocycles. The smallest absolute Gasteiger partial charge is 0.165 e. The van der Waals surface area contributed by atoms with E-state index in [9.17, 15) is 0 Å². The van der Waals surface area contributed by atoms with Crippen molar-refractivity contribution in [2.75, 3.05) is 5.73 Å². The number of hydrogen-bond acceptors (Lipinski definition) is 5. The molecule has 0 aliphatic carbocycles. The van der Waals surface area contributed by atoms with Gasteiger partial charge in [-0.05, 0) is 19.1 Å². The molecule has 7 heteroatoms. The number of rotatable bonds is 2. The highest BCUT2D eigenvalue weighted by molar-refractivity contribution is 6.30. The minimum Gasteiger partial charge on any atom is -0.382 e. The Bertz CT molecular complexity index is 1030. The first-order valence-electron chi connectivity index (χ1n) is 7.13. The van der Waals surface area contributed by atoms with Crippen molar-refractivity contribution in [1.82, 2.24) is 24.5 Å². The van der Waals surface area contributed by atoms with Gasteiger partial charge in [0, 0.05) is 10.9 Å². The Balaban J connectivity index is 1.89. The number of nitrogens with zero attached hydrogens (tertiary/aromatic N) is 5. The quantitative estimate of drug-likeness (QED) is 0.572. The maximum absolute atomic E-state index is 6.40. The van der Waals surface area contributed by atoms with Gasteiger partial charge in [-0.15, -0.1) is 0 Å². The zero-order chi connectivity index (χ0) is 16.0. The molecule has 1 unspecified atom stereocenters. The third-order valence-electron chi connectivity index (χ3n) is 3.96. The minimum absolute atomic E-state index is 0.0843. The first kappa shape index (κ1) is 13.9. The lowest BCUT2D eigenvalue weighted by Gasteiger charge is -2.16. The molecule has 6 nitrogen and oxygen atoms in total. The molecule has 0 saturated carbocycles. The van der Waals surface area contributed by atoms with Crippen LogP contribution >= 0.6 is 11.6 Å². The van der Waals surface area contributed by atoms with Crippen molar-refractivity contribution in [3.05, 3.63) is 53.7 Å². The number of benzene rings is 1. The van der Waals surface area contributed by atoms with Crippen molar-refractivity contribution in [2.45, 2.75) is 13.0 Å². The number of anilines is 1. The number of imidazole rings is 1. The number of aromatic nitrogens is 5. The number of pyridine rings is 1. The molecule has 4 rings (SSSR count). The molecule has 3 aromatic heterocycles. The van der Waals surface area contributed by atoms with Gasteiger partial charge in [-0.1, -0.05) is 29.8 Å². The van der Waals surface area contributed by atoms with Crippen LogP contribution in [0.5, 0.6) is 0 Å². The normalized spacial score (nSPS) is 12.8. The molecule has 1 atom stereocenters. The second-order valence-corrected chi connectivity index (χ2v) is 5.68. The Kier molecular flexibility index (Phi) is 3.12. The molecule has 0 bridgehead atoms. The first-order chi connectivity index (χ1) is 11.1. The lowest BCUT2D eigenvalue weighted by atomic mass is 10.1. The van der Waals surface area contributed by atoms with Crippen molar-refractivity contribution in [3.8, 4) is 0 Å². The van der Waals surface area contributed by atoms with Gasteiger partial charge < -0.3 is 10.3 Å². The Labute approximate surface area is 137 Å². The topological polar surface area (TPSA) is 82.5 Å². The molecule has 0 saturated heterocycles. The van der Waals surface area contributed by atoms with Crippen LogP contribution in [0, 0.1) is 0 Å². The monoisotopic (exact) mass is 324 g/mol. The fourth-order valence-corrected chi connectivity index (χ4v) is 3.01. The highest BCUT2D eigenvalue weighted by atomic mass is 35.5. The molecule has 0 aliphatic heterocycles. The van der Waals surface area contributed by atoms with Crippen LogP contribution in [-0.4, -0.2) is 24.5 Å². The molecule has 2 N–H and O–H groups in total. The molecule has 4 aromatic rings. The Hall–Kier alpha value is -2.73. The van der Waals surface area contributed by atoms with E-state index in [-0.39, 0.29) is 6.04 Å². The fraction of sp³-hybridized carbons (Fsp3) is 0.125. The number of hydrogen-bond donors (Lipinski definition) is 1. The summed E-state index contributed by atoms with van der Waals surface area (Å²) in [5.41, 5.74) is 8.89. The van der Waals surface area contributed by atoms with Crippen LogP contribution in [0.25, 0.3) is 22.1 Å². The van der Waals surface area contributed by atoms with Crippen LogP contribution in [-0.2, 0) is 0 Å². The van der Waals surface area contributed by atoms with Gasteiger partial charge in [0.2, 0.25) is 0 Å². The molecule has 0 amide bonds. The highest BCUT2D eigenvalue weighted by Crippen LogP contribution is 2.30. The van der Waals surface area contributed by atoms with Gasteiger partial charge in [-0.3, -0.25) is 0 Å². The average molecular weight is 325 g/mol. The first-order valence-corrected chi connectivity index (χ1v) is 7.51. The van der Waals surface area contributed by atoms with Crippen molar-refractivity contribution in [3.63, 3.8) is 0 Å². The third kappa shape index (κ3) is 2.19. The van der Waals surface area contributed by atoms with Crippen LogP contribution in [0.1, 0.15) is 18.5 Å². The van der Waals surface area contributed by atoms with E-state index in [2.05, 4.69) is 19.9 Å². The van der Waals surface area contributed by atoms with Gasteiger partial charge in [0.25, 0.3) is 0 Å². The number of fused-ring (bicyclic) bond motifs is 2. The fourth-order valence-electron chi connectivity index (χ4n) is 2.71. The second-order valence-electron chi connectivity index (χ2n) is 5.32. The van der Waals surface area contributed by atoms with E-state index in [0.717, 1.165) is 16.5 Å². The molecule has 0 fully saturated rings. The van der Waals surface area contributed by atoms with E-state index in [1.54, 1.807) is 6.33 Å². The molecular weight excluding hydrogens is 312 g/mol. The van der Waals surface area contributed by atoms with Crippen LogP contribution in [0.2, 0.25) is 5.15 Å². The molecule has 3 heterocycles. The molecular formula is C16H13ClN6. The molecule has 0 spiro atoms. The van der Waals surface area contributed by atoms with Crippen LogP contribution in [0.3, 0.4) is 0 Å². The molecule has 0 aliphatic rings. The van der Waals surface area contributed by atoms with Gasteiger partial charge >= 0.3 is 0 Å². The lowest BCUT2D eigenvalue weighted by Crippen LogP contribution is -2.08. The Morgan fingerprint density at radius 1 is 1.17 bits per heavy atom. The van der Waals surface area contributed by atoms with E-state index in [1.807, 2.05) is 41.8 Å². The Morgan fingerprint density at radius 3 is 2.87 bits per heavy atom. The van der Waals surface area contributed by atoms with Crippen molar-refractivity contribution >= 4 is 39.5 Å². The molecule has 23 heavy (non-hydrogen) atoms.